The minimum atomic E-state index is -4.79. The molecule has 2 aromatic rings. The van der Waals surface area contributed by atoms with E-state index in [4.69, 9.17) is 19.3 Å². The van der Waals surface area contributed by atoms with Crippen LogP contribution < -0.4 is 14.2 Å². The molecular weight excluding hydrogens is 569 g/mol. The molecule has 0 bridgehead atoms. The zero-order valence-corrected chi connectivity index (χ0v) is 24.2. The van der Waals surface area contributed by atoms with Crippen molar-refractivity contribution in [2.24, 2.45) is 17.8 Å². The van der Waals surface area contributed by atoms with Crippen LogP contribution in [0.5, 0.6) is 17.2 Å². The first kappa shape index (κ1) is 32.4. The maximum atomic E-state index is 12.6. The molecule has 2 aromatic carbocycles. The highest BCUT2D eigenvalue weighted by atomic mass is 19.4. The van der Waals surface area contributed by atoms with Crippen LogP contribution in [0.2, 0.25) is 0 Å². The van der Waals surface area contributed by atoms with Gasteiger partial charge in [0.2, 0.25) is 0 Å². The lowest BCUT2D eigenvalue weighted by Crippen LogP contribution is -2.29. The number of carboxylic acids is 1. The molecule has 0 amide bonds. The summed E-state index contributed by atoms with van der Waals surface area (Å²) in [6, 6.07) is 10.5. The molecule has 8 nitrogen and oxygen atoms in total. The average molecular weight is 609 g/mol. The number of aliphatic hydroxyl groups is 1. The number of fused-ring (bicyclic) bond motifs is 2. The Bertz CT molecular complexity index is 1220. The van der Waals surface area contributed by atoms with Gasteiger partial charge in [-0.3, -0.25) is 0 Å². The van der Waals surface area contributed by atoms with Crippen LogP contribution in [0.25, 0.3) is 0 Å². The number of aliphatic carboxylic acids is 1. The molecule has 0 spiro atoms. The Labute approximate surface area is 249 Å². The number of carbonyl (C=O) groups excluding carboxylic acids is 1. The highest BCUT2D eigenvalue weighted by Crippen LogP contribution is 2.48. The second-order valence-electron chi connectivity index (χ2n) is 11.4. The molecule has 43 heavy (non-hydrogen) atoms. The Morgan fingerprint density at radius 1 is 0.977 bits per heavy atom. The predicted molar refractivity (Wildman–Crippen MR) is 150 cm³/mol. The van der Waals surface area contributed by atoms with E-state index in [0.717, 1.165) is 55.4 Å². The summed E-state index contributed by atoms with van der Waals surface area (Å²) in [5, 5.41) is 20.1. The molecule has 0 aliphatic heterocycles. The Balaban J connectivity index is 1.32. The lowest BCUT2D eigenvalue weighted by Gasteiger charge is -2.32. The van der Waals surface area contributed by atoms with Gasteiger partial charge in [0, 0.05) is 0 Å². The van der Waals surface area contributed by atoms with Crippen molar-refractivity contribution >= 4 is 11.9 Å². The fourth-order valence-corrected chi connectivity index (χ4v) is 6.44. The third kappa shape index (κ3) is 9.51. The summed E-state index contributed by atoms with van der Waals surface area (Å²) in [4.78, 5) is 23.7. The van der Waals surface area contributed by atoms with E-state index in [-0.39, 0.29) is 42.0 Å². The lowest BCUT2D eigenvalue weighted by molar-refractivity contribution is -0.274. The van der Waals surface area contributed by atoms with Gasteiger partial charge in [-0.15, -0.1) is 13.2 Å². The van der Waals surface area contributed by atoms with Crippen molar-refractivity contribution in [3.05, 3.63) is 53.6 Å². The number of hydrogen-bond donors (Lipinski definition) is 2. The minimum absolute atomic E-state index is 0.0443. The van der Waals surface area contributed by atoms with Gasteiger partial charge in [0.15, 0.2) is 13.2 Å². The summed E-state index contributed by atoms with van der Waals surface area (Å²) in [5.74, 6) is -0.623. The van der Waals surface area contributed by atoms with Crippen LogP contribution in [-0.2, 0) is 27.2 Å². The summed E-state index contributed by atoms with van der Waals surface area (Å²) >= 11 is 0. The smallest absolute Gasteiger partial charge is 0.482 e. The normalized spacial score (nSPS) is 21.8. The number of carboxylic acid groups (broad SMARTS) is 1. The minimum Gasteiger partial charge on any atom is -0.482 e. The highest BCUT2D eigenvalue weighted by molar-refractivity contribution is 5.71. The number of halogens is 3. The number of aliphatic hydroxyl groups excluding tert-OH is 1. The summed E-state index contributed by atoms with van der Waals surface area (Å²) in [5.41, 5.74) is 2.14. The average Bonchev–Trinajstić information content (AvgIpc) is 3.25. The van der Waals surface area contributed by atoms with Gasteiger partial charge in [0.1, 0.15) is 23.4 Å². The van der Waals surface area contributed by atoms with Crippen molar-refractivity contribution in [3.63, 3.8) is 0 Å². The third-order valence-corrected chi connectivity index (χ3v) is 8.36. The molecular formula is C32H39F3O8. The molecule has 4 rings (SSSR count). The van der Waals surface area contributed by atoms with E-state index in [9.17, 15) is 27.9 Å². The van der Waals surface area contributed by atoms with Gasteiger partial charge in [-0.05, 0) is 104 Å². The first-order chi connectivity index (χ1) is 20.5. The van der Waals surface area contributed by atoms with Gasteiger partial charge in [-0.2, -0.15) is 0 Å². The van der Waals surface area contributed by atoms with E-state index in [1.165, 1.54) is 12.1 Å². The summed E-state index contributed by atoms with van der Waals surface area (Å²) in [6.45, 7) is 1.31. The summed E-state index contributed by atoms with van der Waals surface area (Å²) in [6.07, 6.45) is 1.41. The fourth-order valence-electron chi connectivity index (χ4n) is 6.44. The van der Waals surface area contributed by atoms with E-state index < -0.39 is 31.0 Å². The molecule has 2 aliphatic rings. The first-order valence-corrected chi connectivity index (χ1v) is 14.8. The van der Waals surface area contributed by atoms with Crippen LogP contribution in [-0.4, -0.2) is 53.9 Å². The number of esters is 1. The zero-order chi connectivity index (χ0) is 31.0. The number of ether oxygens (including phenoxy) is 4. The molecule has 0 saturated heterocycles. The second kappa shape index (κ2) is 14.8. The molecule has 0 aromatic heterocycles. The van der Waals surface area contributed by atoms with Gasteiger partial charge in [-0.1, -0.05) is 31.9 Å². The molecule has 5 atom stereocenters. The topological polar surface area (TPSA) is 112 Å². The largest absolute Gasteiger partial charge is 0.573 e. The number of unbranched alkanes of at least 4 members (excludes halogenated alkanes) is 2. The fraction of sp³-hybridized carbons (Fsp3) is 0.562. The van der Waals surface area contributed by atoms with Gasteiger partial charge in [0.25, 0.3) is 0 Å². The Hall–Kier alpha value is -3.47. The number of carbonyl (C=O) groups is 2. The quantitative estimate of drug-likeness (QED) is 0.184. The van der Waals surface area contributed by atoms with Crippen molar-refractivity contribution in [2.45, 2.75) is 83.3 Å². The Kier molecular flexibility index (Phi) is 11.2. The van der Waals surface area contributed by atoms with Crippen LogP contribution in [0.4, 0.5) is 13.2 Å². The molecule has 2 N–H and O–H groups in total. The maximum absolute atomic E-state index is 12.6. The molecule has 2 aliphatic carbocycles. The van der Waals surface area contributed by atoms with Gasteiger partial charge >= 0.3 is 18.3 Å². The molecule has 0 radical (unpaired) electrons. The van der Waals surface area contributed by atoms with Gasteiger partial charge in [0.05, 0.1) is 6.10 Å². The number of rotatable bonds is 15. The third-order valence-electron chi connectivity index (χ3n) is 8.36. The maximum Gasteiger partial charge on any atom is 0.573 e. The summed E-state index contributed by atoms with van der Waals surface area (Å²) in [7, 11) is 0. The van der Waals surface area contributed by atoms with E-state index in [0.29, 0.717) is 31.4 Å². The zero-order valence-electron chi connectivity index (χ0n) is 24.2. The summed E-state index contributed by atoms with van der Waals surface area (Å²) < 4.78 is 57.7. The van der Waals surface area contributed by atoms with Gasteiger partial charge < -0.3 is 29.2 Å². The van der Waals surface area contributed by atoms with Crippen LogP contribution in [0.3, 0.4) is 0 Å². The molecule has 0 unspecified atom stereocenters. The monoisotopic (exact) mass is 608 g/mol. The Morgan fingerprint density at radius 3 is 2.42 bits per heavy atom. The SMILES string of the molecule is CCCCC[C@@H](CC[C@@H]1[C@H]2Cc3cccc(OCC(=O)O)c3C[C@H]2C[C@H]1O)OC(=O)COc1ccc(OC(F)(F)F)cc1. The lowest BCUT2D eigenvalue weighted by atomic mass is 9.73. The number of hydrogen-bond acceptors (Lipinski definition) is 7. The van der Waals surface area contributed by atoms with E-state index in [2.05, 4.69) is 11.7 Å². The van der Waals surface area contributed by atoms with Crippen LogP contribution in [0, 0.1) is 17.8 Å². The van der Waals surface area contributed by atoms with Crippen LogP contribution in [0.1, 0.15) is 63.0 Å². The second-order valence-corrected chi connectivity index (χ2v) is 11.4. The van der Waals surface area contributed by atoms with Crippen molar-refractivity contribution in [1.29, 1.82) is 0 Å². The van der Waals surface area contributed by atoms with E-state index in [1.807, 2.05) is 12.1 Å². The van der Waals surface area contributed by atoms with Crippen LogP contribution in [0.15, 0.2) is 42.5 Å². The van der Waals surface area contributed by atoms with Crippen molar-refractivity contribution in [1.82, 2.24) is 0 Å². The van der Waals surface area contributed by atoms with Crippen molar-refractivity contribution < 1.29 is 51.9 Å². The molecule has 236 valence electrons. The van der Waals surface area contributed by atoms with E-state index in [1.54, 1.807) is 6.07 Å². The standard InChI is InChI=1S/C32H39F3O8/c1-2-3-4-7-23(42-31(39)19-40-22-9-11-24(12-10-22)43-32(33,34)35)13-14-25-26-15-20-6-5-8-29(41-18-30(37)38)27(20)16-21(26)17-28(25)36/h5-6,8-12,21,23,25-26,28,36H,2-4,7,13-19H2,1H3,(H,37,38)/t21-,23-,25+,26-,28+/m0/s1. The number of alkyl halides is 3. The van der Waals surface area contributed by atoms with E-state index >= 15 is 0 Å². The molecule has 11 heteroatoms. The number of benzene rings is 2. The predicted octanol–water partition coefficient (Wildman–Crippen LogP) is 6.11. The molecule has 1 fully saturated rings. The van der Waals surface area contributed by atoms with Crippen LogP contribution >= 0.6 is 0 Å². The van der Waals surface area contributed by atoms with Crippen molar-refractivity contribution in [3.8, 4) is 17.2 Å². The van der Waals surface area contributed by atoms with Gasteiger partial charge in [-0.25, -0.2) is 9.59 Å². The highest BCUT2D eigenvalue weighted by Gasteiger charge is 2.45. The Morgan fingerprint density at radius 2 is 1.72 bits per heavy atom. The molecule has 1 saturated carbocycles. The first-order valence-electron chi connectivity index (χ1n) is 14.8. The van der Waals surface area contributed by atoms with Crippen molar-refractivity contribution in [2.75, 3.05) is 13.2 Å². The molecule has 0 heterocycles.